The molecule has 2 rings (SSSR count). The molecule has 5 heteroatoms. The molecule has 15 heavy (non-hydrogen) atoms. The molecule has 0 amide bonds. The molecule has 2 aromatic heterocycles. The average molecular weight is 223 g/mol. The molecule has 0 radical (unpaired) electrons. The predicted octanol–water partition coefficient (Wildman–Crippen LogP) is 2.13. The van der Waals surface area contributed by atoms with Gasteiger partial charge in [-0.3, -0.25) is 0 Å². The van der Waals surface area contributed by atoms with E-state index in [-0.39, 0.29) is 0 Å². The Kier molecular flexibility index (Phi) is 2.83. The SMILES string of the molecule is CNCc1cc(-c2sc(C)nc2C)on1. The van der Waals surface area contributed by atoms with Crippen molar-refractivity contribution in [1.82, 2.24) is 15.5 Å². The van der Waals surface area contributed by atoms with Gasteiger partial charge in [-0.25, -0.2) is 4.98 Å². The fourth-order valence-electron chi connectivity index (χ4n) is 1.44. The smallest absolute Gasteiger partial charge is 0.179 e. The van der Waals surface area contributed by atoms with E-state index in [1.165, 1.54) is 0 Å². The summed E-state index contributed by atoms with van der Waals surface area (Å²) in [5, 5.41) is 8.06. The summed E-state index contributed by atoms with van der Waals surface area (Å²) in [5.41, 5.74) is 1.92. The predicted molar refractivity (Wildman–Crippen MR) is 59.8 cm³/mol. The third-order valence-electron chi connectivity index (χ3n) is 2.04. The highest BCUT2D eigenvalue weighted by molar-refractivity contribution is 7.15. The quantitative estimate of drug-likeness (QED) is 0.866. The van der Waals surface area contributed by atoms with E-state index < -0.39 is 0 Å². The van der Waals surface area contributed by atoms with Crippen LogP contribution in [-0.4, -0.2) is 17.2 Å². The van der Waals surface area contributed by atoms with Gasteiger partial charge >= 0.3 is 0 Å². The molecule has 4 nitrogen and oxygen atoms in total. The van der Waals surface area contributed by atoms with Crippen LogP contribution in [0.1, 0.15) is 16.4 Å². The second kappa shape index (κ2) is 4.12. The summed E-state index contributed by atoms with van der Waals surface area (Å²) in [6.45, 7) is 4.70. The topological polar surface area (TPSA) is 51.0 Å². The van der Waals surface area contributed by atoms with E-state index in [2.05, 4.69) is 15.5 Å². The molecule has 1 N–H and O–H groups in total. The Balaban J connectivity index is 2.32. The molecule has 0 bridgehead atoms. The van der Waals surface area contributed by atoms with Gasteiger partial charge in [0.05, 0.1) is 21.3 Å². The lowest BCUT2D eigenvalue weighted by atomic mass is 10.3. The van der Waals surface area contributed by atoms with Crippen molar-refractivity contribution < 1.29 is 4.52 Å². The molecule has 0 aliphatic rings. The molecular formula is C10H13N3OS. The normalized spacial score (nSPS) is 10.9. The van der Waals surface area contributed by atoms with Crippen molar-refractivity contribution in [3.63, 3.8) is 0 Å². The summed E-state index contributed by atoms with van der Waals surface area (Å²) in [7, 11) is 1.89. The van der Waals surface area contributed by atoms with Crippen LogP contribution in [0.2, 0.25) is 0 Å². The standard InChI is InChI=1S/C10H13N3OS/c1-6-10(15-7(2)12-6)9-4-8(5-11-3)13-14-9/h4,11H,5H2,1-3H3. The van der Waals surface area contributed by atoms with E-state index in [4.69, 9.17) is 4.52 Å². The maximum Gasteiger partial charge on any atom is 0.179 e. The summed E-state index contributed by atoms with van der Waals surface area (Å²) in [6, 6.07) is 1.95. The summed E-state index contributed by atoms with van der Waals surface area (Å²) >= 11 is 1.63. The number of rotatable bonds is 3. The van der Waals surface area contributed by atoms with E-state index in [0.717, 1.165) is 33.6 Å². The second-order valence-electron chi connectivity index (χ2n) is 3.36. The Morgan fingerprint density at radius 2 is 2.27 bits per heavy atom. The van der Waals surface area contributed by atoms with E-state index in [9.17, 15) is 0 Å². The lowest BCUT2D eigenvalue weighted by Crippen LogP contribution is -2.04. The van der Waals surface area contributed by atoms with Gasteiger partial charge in [0.15, 0.2) is 5.76 Å². The summed E-state index contributed by atoms with van der Waals surface area (Å²) in [4.78, 5) is 5.43. The van der Waals surface area contributed by atoms with Crippen molar-refractivity contribution in [2.75, 3.05) is 7.05 Å². The summed E-state index contributed by atoms with van der Waals surface area (Å²) in [6.07, 6.45) is 0. The molecule has 0 saturated carbocycles. The van der Waals surface area contributed by atoms with Crippen molar-refractivity contribution >= 4 is 11.3 Å². The zero-order valence-electron chi connectivity index (χ0n) is 9.00. The molecule has 0 spiro atoms. The van der Waals surface area contributed by atoms with Crippen molar-refractivity contribution in [1.29, 1.82) is 0 Å². The monoisotopic (exact) mass is 223 g/mol. The lowest BCUT2D eigenvalue weighted by Gasteiger charge is -1.89. The van der Waals surface area contributed by atoms with E-state index in [0.29, 0.717) is 0 Å². The number of aryl methyl sites for hydroxylation is 2. The zero-order valence-corrected chi connectivity index (χ0v) is 9.81. The van der Waals surface area contributed by atoms with Crippen LogP contribution in [0.5, 0.6) is 0 Å². The first-order valence-electron chi connectivity index (χ1n) is 4.75. The van der Waals surface area contributed by atoms with Gasteiger partial charge in [0.2, 0.25) is 0 Å². The first kappa shape index (κ1) is 10.3. The molecule has 0 fully saturated rings. The highest BCUT2D eigenvalue weighted by Crippen LogP contribution is 2.29. The highest BCUT2D eigenvalue weighted by atomic mass is 32.1. The van der Waals surface area contributed by atoms with Crippen LogP contribution in [0.25, 0.3) is 10.6 Å². The van der Waals surface area contributed by atoms with Crippen molar-refractivity contribution in [3.8, 4) is 10.6 Å². The molecule has 0 saturated heterocycles. The number of thiazole rings is 1. The van der Waals surface area contributed by atoms with Crippen LogP contribution in [0, 0.1) is 13.8 Å². The van der Waals surface area contributed by atoms with Gasteiger partial charge in [-0.2, -0.15) is 0 Å². The Labute approximate surface area is 92.3 Å². The average Bonchev–Trinajstić information content (AvgIpc) is 2.73. The van der Waals surface area contributed by atoms with E-state index in [1.807, 2.05) is 27.0 Å². The maximum absolute atomic E-state index is 5.28. The molecule has 0 aliphatic carbocycles. The molecule has 2 aromatic rings. The van der Waals surface area contributed by atoms with Crippen LogP contribution < -0.4 is 5.32 Å². The van der Waals surface area contributed by atoms with Crippen LogP contribution in [-0.2, 0) is 6.54 Å². The minimum atomic E-state index is 0.723. The summed E-state index contributed by atoms with van der Waals surface area (Å²) in [5.74, 6) is 0.809. The Morgan fingerprint density at radius 1 is 1.47 bits per heavy atom. The molecule has 0 atom stereocenters. The first-order chi connectivity index (χ1) is 7.20. The van der Waals surface area contributed by atoms with Gasteiger partial charge in [0.25, 0.3) is 0 Å². The van der Waals surface area contributed by atoms with E-state index in [1.54, 1.807) is 11.3 Å². The molecule has 0 aliphatic heterocycles. The van der Waals surface area contributed by atoms with Gasteiger partial charge in [-0.15, -0.1) is 11.3 Å². The number of hydrogen-bond donors (Lipinski definition) is 1. The fraction of sp³-hybridized carbons (Fsp3) is 0.400. The molecule has 80 valence electrons. The number of aromatic nitrogens is 2. The minimum Gasteiger partial charge on any atom is -0.355 e. The molecule has 0 unspecified atom stereocenters. The summed E-state index contributed by atoms with van der Waals surface area (Å²) < 4.78 is 5.28. The Bertz CT molecular complexity index is 461. The number of nitrogens with zero attached hydrogens (tertiary/aromatic N) is 2. The third kappa shape index (κ3) is 2.08. The molecular weight excluding hydrogens is 210 g/mol. The van der Waals surface area contributed by atoms with Gasteiger partial charge in [-0.05, 0) is 20.9 Å². The lowest BCUT2D eigenvalue weighted by molar-refractivity contribution is 0.422. The van der Waals surface area contributed by atoms with E-state index >= 15 is 0 Å². The Hall–Kier alpha value is -1.20. The minimum absolute atomic E-state index is 0.723. The van der Waals surface area contributed by atoms with Gasteiger partial charge in [0, 0.05) is 12.6 Å². The molecule has 2 heterocycles. The van der Waals surface area contributed by atoms with Gasteiger partial charge < -0.3 is 9.84 Å². The largest absolute Gasteiger partial charge is 0.355 e. The van der Waals surface area contributed by atoms with Crippen LogP contribution >= 0.6 is 11.3 Å². The van der Waals surface area contributed by atoms with Crippen molar-refractivity contribution in [3.05, 3.63) is 22.5 Å². The zero-order chi connectivity index (χ0) is 10.8. The van der Waals surface area contributed by atoms with Crippen molar-refractivity contribution in [2.24, 2.45) is 0 Å². The van der Waals surface area contributed by atoms with Gasteiger partial charge in [0.1, 0.15) is 0 Å². The molecule has 0 aromatic carbocycles. The maximum atomic E-state index is 5.28. The van der Waals surface area contributed by atoms with Gasteiger partial charge in [-0.1, -0.05) is 5.16 Å². The second-order valence-corrected chi connectivity index (χ2v) is 4.56. The fourth-order valence-corrected chi connectivity index (χ4v) is 2.31. The van der Waals surface area contributed by atoms with Crippen molar-refractivity contribution in [2.45, 2.75) is 20.4 Å². The Morgan fingerprint density at radius 3 is 2.87 bits per heavy atom. The van der Waals surface area contributed by atoms with Crippen LogP contribution in [0.15, 0.2) is 10.6 Å². The first-order valence-corrected chi connectivity index (χ1v) is 5.57. The highest BCUT2D eigenvalue weighted by Gasteiger charge is 2.12. The van der Waals surface area contributed by atoms with Crippen LogP contribution in [0.3, 0.4) is 0 Å². The number of nitrogens with one attached hydrogen (secondary N) is 1. The number of hydrogen-bond acceptors (Lipinski definition) is 5. The van der Waals surface area contributed by atoms with Crippen LogP contribution in [0.4, 0.5) is 0 Å². The third-order valence-corrected chi connectivity index (χ3v) is 3.13.